The van der Waals surface area contributed by atoms with E-state index < -0.39 is 5.97 Å². The molecule has 18 heavy (non-hydrogen) atoms. The molecule has 0 saturated carbocycles. The van der Waals surface area contributed by atoms with E-state index in [1.165, 1.54) is 12.1 Å². The van der Waals surface area contributed by atoms with E-state index in [1.807, 2.05) is 6.07 Å². The van der Waals surface area contributed by atoms with Crippen LogP contribution in [0.3, 0.4) is 0 Å². The highest BCUT2D eigenvalue weighted by atomic mass is 35.5. The van der Waals surface area contributed by atoms with Crippen molar-refractivity contribution in [3.05, 3.63) is 58.6 Å². The molecule has 0 saturated heterocycles. The summed E-state index contributed by atoms with van der Waals surface area (Å²) in [6.45, 7) is 0. The zero-order valence-electron chi connectivity index (χ0n) is 9.22. The molecule has 2 aromatic rings. The number of nitrogens with zero attached hydrogens (tertiary/aromatic N) is 1. The summed E-state index contributed by atoms with van der Waals surface area (Å²) in [4.78, 5) is 10.8. The Morgan fingerprint density at radius 1 is 1.17 bits per heavy atom. The Kier molecular flexibility index (Phi) is 3.31. The number of carboxylic acid groups (broad SMARTS) is 1. The summed E-state index contributed by atoms with van der Waals surface area (Å²) in [6.07, 6.45) is 0. The van der Waals surface area contributed by atoms with Crippen LogP contribution in [0.4, 0.5) is 0 Å². The largest absolute Gasteiger partial charge is 0.478 e. The lowest BCUT2D eigenvalue weighted by atomic mass is 10.0. The maximum atomic E-state index is 10.8. The zero-order chi connectivity index (χ0) is 13.1. The maximum absolute atomic E-state index is 10.8. The van der Waals surface area contributed by atoms with Crippen molar-refractivity contribution in [1.82, 2.24) is 0 Å². The highest BCUT2D eigenvalue weighted by Gasteiger charge is 2.08. The van der Waals surface area contributed by atoms with Crippen LogP contribution in [-0.4, -0.2) is 11.1 Å². The Balaban J connectivity index is 2.45. The van der Waals surface area contributed by atoms with E-state index in [2.05, 4.69) is 0 Å². The van der Waals surface area contributed by atoms with Crippen molar-refractivity contribution < 1.29 is 9.90 Å². The molecular weight excluding hydrogens is 250 g/mol. The average Bonchev–Trinajstić information content (AvgIpc) is 2.38. The van der Waals surface area contributed by atoms with Gasteiger partial charge in [0.1, 0.15) is 0 Å². The van der Waals surface area contributed by atoms with Crippen molar-refractivity contribution in [2.24, 2.45) is 0 Å². The van der Waals surface area contributed by atoms with Gasteiger partial charge in [-0.1, -0.05) is 29.8 Å². The van der Waals surface area contributed by atoms with Gasteiger partial charge in [-0.05, 0) is 29.8 Å². The minimum Gasteiger partial charge on any atom is -0.478 e. The van der Waals surface area contributed by atoms with Crippen LogP contribution in [0, 0.1) is 11.3 Å². The summed E-state index contributed by atoms with van der Waals surface area (Å²) in [6, 6.07) is 13.5. The van der Waals surface area contributed by atoms with E-state index >= 15 is 0 Å². The molecule has 1 N–H and O–H groups in total. The van der Waals surface area contributed by atoms with Gasteiger partial charge in [-0.2, -0.15) is 5.26 Å². The third kappa shape index (κ3) is 2.34. The second-order valence-corrected chi connectivity index (χ2v) is 4.10. The van der Waals surface area contributed by atoms with Crippen LogP contribution in [0.15, 0.2) is 42.5 Å². The first-order chi connectivity index (χ1) is 8.61. The summed E-state index contributed by atoms with van der Waals surface area (Å²) in [5.41, 5.74) is 2.30. The molecule has 2 aromatic carbocycles. The van der Waals surface area contributed by atoms with Crippen LogP contribution in [0.25, 0.3) is 11.1 Å². The topological polar surface area (TPSA) is 61.1 Å². The Bertz CT molecular complexity index is 642. The molecule has 0 atom stereocenters. The molecule has 0 aliphatic heterocycles. The quantitative estimate of drug-likeness (QED) is 0.894. The smallest absolute Gasteiger partial charge is 0.335 e. The number of carbonyl (C=O) groups is 1. The number of nitriles is 1. The molecule has 2 rings (SSSR count). The Morgan fingerprint density at radius 2 is 1.83 bits per heavy atom. The van der Waals surface area contributed by atoms with Gasteiger partial charge in [0.2, 0.25) is 0 Å². The van der Waals surface area contributed by atoms with Gasteiger partial charge in [0, 0.05) is 10.6 Å². The molecule has 0 unspecified atom stereocenters. The number of carboxylic acids is 1. The number of hydrogen-bond donors (Lipinski definition) is 1. The molecule has 0 spiro atoms. The molecule has 0 fully saturated rings. The van der Waals surface area contributed by atoms with E-state index in [-0.39, 0.29) is 5.56 Å². The molecule has 0 radical (unpaired) electrons. The lowest BCUT2D eigenvalue weighted by Gasteiger charge is -2.05. The molecule has 0 aliphatic carbocycles. The fraction of sp³-hybridized carbons (Fsp3) is 0. The first-order valence-electron chi connectivity index (χ1n) is 5.15. The standard InChI is InChI=1S/C14H8ClNO2/c15-13-7-11(14(17)18)5-6-12(13)10-3-1-9(8-16)2-4-10/h1-7H,(H,17,18). The molecule has 0 heterocycles. The summed E-state index contributed by atoms with van der Waals surface area (Å²) in [5.74, 6) is -1.01. The van der Waals surface area contributed by atoms with Gasteiger partial charge in [-0.3, -0.25) is 0 Å². The highest BCUT2D eigenvalue weighted by Crippen LogP contribution is 2.28. The van der Waals surface area contributed by atoms with Crippen molar-refractivity contribution >= 4 is 17.6 Å². The maximum Gasteiger partial charge on any atom is 0.335 e. The van der Waals surface area contributed by atoms with Gasteiger partial charge in [-0.15, -0.1) is 0 Å². The number of halogens is 1. The van der Waals surface area contributed by atoms with Crippen LogP contribution < -0.4 is 0 Å². The van der Waals surface area contributed by atoms with Crippen molar-refractivity contribution in [1.29, 1.82) is 5.26 Å². The molecule has 0 bridgehead atoms. The van der Waals surface area contributed by atoms with E-state index in [1.54, 1.807) is 30.3 Å². The lowest BCUT2D eigenvalue weighted by molar-refractivity contribution is 0.0697. The van der Waals surface area contributed by atoms with Gasteiger partial charge in [0.25, 0.3) is 0 Å². The fourth-order valence-electron chi connectivity index (χ4n) is 1.61. The van der Waals surface area contributed by atoms with Gasteiger partial charge in [0.05, 0.1) is 17.2 Å². The van der Waals surface area contributed by atoms with Gasteiger partial charge in [-0.25, -0.2) is 4.79 Å². The Labute approximate surface area is 109 Å². The van der Waals surface area contributed by atoms with Crippen LogP contribution in [0.2, 0.25) is 5.02 Å². The summed E-state index contributed by atoms with van der Waals surface area (Å²) >= 11 is 6.05. The monoisotopic (exact) mass is 257 g/mol. The van der Waals surface area contributed by atoms with Gasteiger partial charge in [0.15, 0.2) is 0 Å². The van der Waals surface area contributed by atoms with Gasteiger partial charge >= 0.3 is 5.97 Å². The first kappa shape index (κ1) is 12.2. The predicted octanol–water partition coefficient (Wildman–Crippen LogP) is 3.58. The minimum atomic E-state index is -1.01. The number of aromatic carboxylic acids is 1. The third-order valence-corrected chi connectivity index (χ3v) is 2.85. The number of rotatable bonds is 2. The van der Waals surface area contributed by atoms with Crippen LogP contribution in [0.1, 0.15) is 15.9 Å². The molecule has 0 aromatic heterocycles. The number of hydrogen-bond acceptors (Lipinski definition) is 2. The van der Waals surface area contributed by atoms with Crippen molar-refractivity contribution in [3.8, 4) is 17.2 Å². The highest BCUT2D eigenvalue weighted by molar-refractivity contribution is 6.33. The summed E-state index contributed by atoms with van der Waals surface area (Å²) < 4.78 is 0. The zero-order valence-corrected chi connectivity index (χ0v) is 9.98. The van der Waals surface area contributed by atoms with Crippen molar-refractivity contribution in [2.75, 3.05) is 0 Å². The Morgan fingerprint density at radius 3 is 2.33 bits per heavy atom. The normalized spacial score (nSPS) is 9.78. The van der Waals surface area contributed by atoms with Crippen molar-refractivity contribution in [2.45, 2.75) is 0 Å². The lowest BCUT2D eigenvalue weighted by Crippen LogP contribution is -1.95. The Hall–Kier alpha value is -2.31. The summed E-state index contributed by atoms with van der Waals surface area (Å²) in [5, 5.41) is 17.9. The first-order valence-corrected chi connectivity index (χ1v) is 5.53. The van der Waals surface area contributed by atoms with Crippen LogP contribution in [0.5, 0.6) is 0 Å². The van der Waals surface area contributed by atoms with E-state index in [0.717, 1.165) is 11.1 Å². The molecule has 0 aliphatic rings. The molecular formula is C14H8ClNO2. The SMILES string of the molecule is N#Cc1ccc(-c2ccc(C(=O)O)cc2Cl)cc1. The van der Waals surface area contributed by atoms with E-state index in [9.17, 15) is 4.79 Å². The molecule has 4 heteroatoms. The molecule has 0 amide bonds. The van der Waals surface area contributed by atoms with E-state index in [4.69, 9.17) is 22.0 Å². The molecule has 88 valence electrons. The second kappa shape index (κ2) is 4.91. The third-order valence-electron chi connectivity index (χ3n) is 2.54. The average molecular weight is 258 g/mol. The van der Waals surface area contributed by atoms with Crippen LogP contribution >= 0.6 is 11.6 Å². The number of benzene rings is 2. The fourth-order valence-corrected chi connectivity index (χ4v) is 1.90. The van der Waals surface area contributed by atoms with Crippen LogP contribution in [-0.2, 0) is 0 Å². The second-order valence-electron chi connectivity index (χ2n) is 3.69. The van der Waals surface area contributed by atoms with Gasteiger partial charge < -0.3 is 5.11 Å². The van der Waals surface area contributed by atoms with Crippen molar-refractivity contribution in [3.63, 3.8) is 0 Å². The minimum absolute atomic E-state index is 0.150. The predicted molar refractivity (Wildman–Crippen MR) is 68.6 cm³/mol. The summed E-state index contributed by atoms with van der Waals surface area (Å²) in [7, 11) is 0. The molecule has 3 nitrogen and oxygen atoms in total. The van der Waals surface area contributed by atoms with E-state index in [0.29, 0.717) is 10.6 Å².